The van der Waals surface area contributed by atoms with Crippen LogP contribution in [-0.2, 0) is 4.79 Å². The Morgan fingerprint density at radius 1 is 1.29 bits per heavy atom. The van der Waals surface area contributed by atoms with Crippen LogP contribution in [0.5, 0.6) is 0 Å². The van der Waals surface area contributed by atoms with Crippen molar-refractivity contribution in [3.05, 3.63) is 11.6 Å². The maximum absolute atomic E-state index is 11.9. The van der Waals surface area contributed by atoms with Crippen LogP contribution in [-0.4, -0.2) is 19.0 Å². The average Bonchev–Trinajstić information content (AvgIpc) is 2.29. The van der Waals surface area contributed by atoms with Crippen molar-refractivity contribution in [1.82, 2.24) is 5.32 Å². The normalized spacial score (nSPS) is 18.5. The minimum Gasteiger partial charge on any atom is -0.353 e. The largest absolute Gasteiger partial charge is 0.353 e. The third-order valence-electron chi connectivity index (χ3n) is 3.69. The molecule has 0 radical (unpaired) electrons. The quantitative estimate of drug-likeness (QED) is 0.722. The van der Waals surface area contributed by atoms with Crippen molar-refractivity contribution in [3.63, 3.8) is 0 Å². The molecule has 0 unspecified atom stereocenters. The molecule has 0 atom stereocenters. The first-order chi connectivity index (χ1) is 8.08. The Hall–Kier alpha value is -0.830. The lowest BCUT2D eigenvalue weighted by molar-refractivity contribution is -0.123. The molecule has 1 saturated carbocycles. The van der Waals surface area contributed by atoms with Crippen LogP contribution in [0.2, 0.25) is 0 Å². The molecule has 1 amide bonds. The first-order valence-electron chi connectivity index (χ1n) is 6.68. The SMILES string of the molecule is CC(C)=CCNC(=O)CC1(CN)CCCCC1. The molecule has 3 N–H and O–H groups in total. The summed E-state index contributed by atoms with van der Waals surface area (Å²) in [6.45, 7) is 5.36. The van der Waals surface area contributed by atoms with Gasteiger partial charge in [0, 0.05) is 13.0 Å². The van der Waals surface area contributed by atoms with Crippen molar-refractivity contribution < 1.29 is 4.79 Å². The summed E-state index contributed by atoms with van der Waals surface area (Å²) in [5, 5.41) is 2.95. The van der Waals surface area contributed by atoms with Gasteiger partial charge in [0.25, 0.3) is 0 Å². The lowest BCUT2D eigenvalue weighted by Gasteiger charge is -2.35. The van der Waals surface area contributed by atoms with Crippen molar-refractivity contribution in [1.29, 1.82) is 0 Å². The van der Waals surface area contributed by atoms with Gasteiger partial charge >= 0.3 is 0 Å². The van der Waals surface area contributed by atoms with Crippen molar-refractivity contribution in [2.45, 2.75) is 52.4 Å². The maximum Gasteiger partial charge on any atom is 0.220 e. The zero-order valence-corrected chi connectivity index (χ0v) is 11.2. The van der Waals surface area contributed by atoms with E-state index in [1.807, 2.05) is 19.9 Å². The zero-order valence-electron chi connectivity index (χ0n) is 11.2. The standard InChI is InChI=1S/C14H26N2O/c1-12(2)6-9-16-13(17)10-14(11-15)7-4-3-5-8-14/h6H,3-5,7-11,15H2,1-2H3,(H,16,17). The van der Waals surface area contributed by atoms with Crippen molar-refractivity contribution in [2.75, 3.05) is 13.1 Å². The Labute approximate surface area is 105 Å². The van der Waals surface area contributed by atoms with Gasteiger partial charge in [-0.2, -0.15) is 0 Å². The van der Waals surface area contributed by atoms with Gasteiger partial charge in [-0.15, -0.1) is 0 Å². The lowest BCUT2D eigenvalue weighted by atomic mass is 9.71. The topological polar surface area (TPSA) is 55.1 Å². The minimum absolute atomic E-state index is 0.0767. The maximum atomic E-state index is 11.9. The highest BCUT2D eigenvalue weighted by molar-refractivity contribution is 5.76. The number of nitrogens with two attached hydrogens (primary N) is 1. The third kappa shape index (κ3) is 4.90. The fourth-order valence-electron chi connectivity index (χ4n) is 2.53. The molecular formula is C14H26N2O. The first-order valence-corrected chi connectivity index (χ1v) is 6.68. The summed E-state index contributed by atoms with van der Waals surface area (Å²) in [6.07, 6.45) is 8.59. The van der Waals surface area contributed by atoms with Gasteiger partial charge in [0.1, 0.15) is 0 Å². The predicted molar refractivity (Wildman–Crippen MR) is 71.6 cm³/mol. The molecule has 0 aromatic rings. The van der Waals surface area contributed by atoms with E-state index in [9.17, 15) is 4.79 Å². The van der Waals surface area contributed by atoms with Crippen LogP contribution in [0.3, 0.4) is 0 Å². The Morgan fingerprint density at radius 2 is 1.94 bits per heavy atom. The van der Waals surface area contributed by atoms with E-state index in [0.717, 1.165) is 12.8 Å². The number of hydrogen-bond acceptors (Lipinski definition) is 2. The monoisotopic (exact) mass is 238 g/mol. The molecule has 1 aliphatic carbocycles. The van der Waals surface area contributed by atoms with E-state index in [-0.39, 0.29) is 11.3 Å². The summed E-state index contributed by atoms with van der Waals surface area (Å²) >= 11 is 0. The van der Waals surface area contributed by atoms with E-state index < -0.39 is 0 Å². The molecule has 3 heteroatoms. The van der Waals surface area contributed by atoms with Crippen LogP contribution in [0.15, 0.2) is 11.6 Å². The van der Waals surface area contributed by atoms with Crippen LogP contribution in [0.4, 0.5) is 0 Å². The Bertz CT molecular complexity index is 274. The second-order valence-corrected chi connectivity index (χ2v) is 5.53. The number of carbonyl (C=O) groups excluding carboxylic acids is 1. The van der Waals surface area contributed by atoms with Gasteiger partial charge in [-0.05, 0) is 38.6 Å². The van der Waals surface area contributed by atoms with Gasteiger partial charge in [0.05, 0.1) is 0 Å². The van der Waals surface area contributed by atoms with Crippen LogP contribution in [0, 0.1) is 5.41 Å². The number of nitrogens with one attached hydrogen (secondary N) is 1. The highest BCUT2D eigenvalue weighted by Gasteiger charge is 2.32. The predicted octanol–water partition coefficient (Wildman–Crippen LogP) is 2.37. The number of rotatable bonds is 5. The molecule has 0 saturated heterocycles. The Kier molecular flexibility index (Phi) is 5.69. The summed E-state index contributed by atoms with van der Waals surface area (Å²) in [5.41, 5.74) is 7.18. The zero-order chi connectivity index (χ0) is 12.7. The fraction of sp³-hybridized carbons (Fsp3) is 0.786. The molecule has 98 valence electrons. The van der Waals surface area contributed by atoms with E-state index in [1.54, 1.807) is 0 Å². The number of carbonyl (C=O) groups is 1. The van der Waals surface area contributed by atoms with Crippen LogP contribution < -0.4 is 11.1 Å². The molecule has 0 heterocycles. The number of allylic oxidation sites excluding steroid dienone is 1. The Morgan fingerprint density at radius 3 is 2.47 bits per heavy atom. The molecule has 0 spiro atoms. The van der Waals surface area contributed by atoms with Crippen molar-refractivity contribution in [2.24, 2.45) is 11.1 Å². The summed E-state index contributed by atoms with van der Waals surface area (Å²) in [7, 11) is 0. The molecular weight excluding hydrogens is 212 g/mol. The average molecular weight is 238 g/mol. The van der Waals surface area contributed by atoms with E-state index in [1.165, 1.54) is 24.8 Å². The molecule has 0 aromatic carbocycles. The van der Waals surface area contributed by atoms with Gasteiger partial charge < -0.3 is 11.1 Å². The smallest absolute Gasteiger partial charge is 0.220 e. The summed E-state index contributed by atoms with van der Waals surface area (Å²) in [6, 6.07) is 0. The molecule has 17 heavy (non-hydrogen) atoms. The van der Waals surface area contributed by atoms with Gasteiger partial charge in [-0.25, -0.2) is 0 Å². The highest BCUT2D eigenvalue weighted by atomic mass is 16.1. The third-order valence-corrected chi connectivity index (χ3v) is 3.69. The first kappa shape index (κ1) is 14.2. The second-order valence-electron chi connectivity index (χ2n) is 5.53. The lowest BCUT2D eigenvalue weighted by Crippen LogP contribution is -2.38. The van der Waals surface area contributed by atoms with E-state index in [0.29, 0.717) is 19.5 Å². The van der Waals surface area contributed by atoms with Crippen LogP contribution in [0.25, 0.3) is 0 Å². The highest BCUT2D eigenvalue weighted by Crippen LogP contribution is 2.38. The molecule has 3 nitrogen and oxygen atoms in total. The molecule has 1 rings (SSSR count). The Balaban J connectivity index is 2.39. The summed E-state index contributed by atoms with van der Waals surface area (Å²) in [5.74, 6) is 0.148. The summed E-state index contributed by atoms with van der Waals surface area (Å²) < 4.78 is 0. The van der Waals surface area contributed by atoms with Gasteiger partial charge in [-0.3, -0.25) is 4.79 Å². The van der Waals surface area contributed by atoms with Crippen LogP contribution in [0.1, 0.15) is 52.4 Å². The van der Waals surface area contributed by atoms with Crippen molar-refractivity contribution >= 4 is 5.91 Å². The van der Waals surface area contributed by atoms with Crippen molar-refractivity contribution in [3.8, 4) is 0 Å². The van der Waals surface area contributed by atoms with E-state index in [2.05, 4.69) is 5.32 Å². The van der Waals surface area contributed by atoms with Crippen LogP contribution >= 0.6 is 0 Å². The molecule has 0 bridgehead atoms. The van der Waals surface area contributed by atoms with E-state index in [4.69, 9.17) is 5.73 Å². The van der Waals surface area contributed by atoms with Gasteiger partial charge in [-0.1, -0.05) is 30.9 Å². The second kappa shape index (κ2) is 6.80. The number of hydrogen-bond donors (Lipinski definition) is 2. The molecule has 1 fully saturated rings. The molecule has 1 aliphatic rings. The fourth-order valence-corrected chi connectivity index (χ4v) is 2.53. The van der Waals surface area contributed by atoms with Gasteiger partial charge in [0.2, 0.25) is 5.91 Å². The number of amides is 1. The molecule has 0 aliphatic heterocycles. The summed E-state index contributed by atoms with van der Waals surface area (Å²) in [4.78, 5) is 11.9. The minimum atomic E-state index is 0.0767. The van der Waals surface area contributed by atoms with Gasteiger partial charge in [0.15, 0.2) is 0 Å². The van der Waals surface area contributed by atoms with E-state index >= 15 is 0 Å². The molecule has 0 aromatic heterocycles.